The third kappa shape index (κ3) is 2.81. The van der Waals surface area contributed by atoms with Gasteiger partial charge in [0.05, 0.1) is 10.6 Å². The minimum absolute atomic E-state index is 0.108. The number of carbonyl (C=O) groups excluding carboxylic acids is 1. The number of rotatable bonds is 4. The topological polar surface area (TPSA) is 95.0 Å². The minimum Gasteiger partial charge on any atom is -0.478 e. The molecule has 1 saturated heterocycles. The fourth-order valence-electron chi connectivity index (χ4n) is 2.31. The number of aromatic carboxylic acids is 1. The highest BCUT2D eigenvalue weighted by atomic mass is 35.5. The number of sulfonamides is 1. The van der Waals surface area contributed by atoms with Crippen molar-refractivity contribution in [1.29, 1.82) is 0 Å². The summed E-state index contributed by atoms with van der Waals surface area (Å²) in [6, 6.07) is 2.61. The van der Waals surface area contributed by atoms with E-state index in [1.54, 1.807) is 7.05 Å². The lowest BCUT2D eigenvalue weighted by atomic mass is 10.2. The molecule has 1 heterocycles. The lowest BCUT2D eigenvalue weighted by molar-refractivity contribution is -0.129. The second kappa shape index (κ2) is 5.86. The average Bonchev–Trinajstić information content (AvgIpc) is 2.77. The fourth-order valence-corrected chi connectivity index (χ4v) is 4.17. The summed E-state index contributed by atoms with van der Waals surface area (Å²) in [5, 5.41) is 8.69. The first-order valence-electron chi connectivity index (χ1n) is 6.42. The molecular weight excluding hydrogens is 332 g/mol. The number of nitrogens with zero attached hydrogens (tertiary/aromatic N) is 2. The molecule has 1 aliphatic heterocycles. The second-order valence-corrected chi connectivity index (χ2v) is 7.41. The van der Waals surface area contributed by atoms with E-state index in [1.807, 2.05) is 0 Å². The summed E-state index contributed by atoms with van der Waals surface area (Å²) in [5.74, 6) is -1.48. The molecule has 0 bridgehead atoms. The van der Waals surface area contributed by atoms with Gasteiger partial charge in [0.15, 0.2) is 0 Å². The van der Waals surface area contributed by atoms with Crippen LogP contribution >= 0.6 is 11.6 Å². The molecule has 0 aliphatic carbocycles. The molecule has 0 radical (unpaired) electrons. The Labute approximate surface area is 133 Å². The number of halogens is 1. The van der Waals surface area contributed by atoms with Crippen molar-refractivity contribution >= 4 is 33.5 Å². The van der Waals surface area contributed by atoms with Crippen molar-refractivity contribution in [2.45, 2.75) is 17.4 Å². The van der Waals surface area contributed by atoms with Crippen LogP contribution in [-0.2, 0) is 14.8 Å². The molecule has 0 spiro atoms. The standard InChI is InChI=1S/C13H15ClN2O5S/c1-15-6-5-10(12(15)17)16(2)22(20,21)11-4-3-8(13(18)19)7-9(11)14/h3-4,7,10H,5-6H2,1-2H3,(H,18,19). The zero-order valence-corrected chi connectivity index (χ0v) is 13.6. The van der Waals surface area contributed by atoms with Gasteiger partial charge in [-0.15, -0.1) is 0 Å². The summed E-state index contributed by atoms with van der Waals surface area (Å²) in [6.07, 6.45) is 0.399. The number of benzene rings is 1. The van der Waals surface area contributed by atoms with E-state index in [9.17, 15) is 18.0 Å². The van der Waals surface area contributed by atoms with E-state index in [4.69, 9.17) is 16.7 Å². The first-order valence-corrected chi connectivity index (χ1v) is 8.24. The molecule has 120 valence electrons. The molecule has 1 unspecified atom stereocenters. The number of carbonyl (C=O) groups is 2. The van der Waals surface area contributed by atoms with Crippen LogP contribution in [0.15, 0.2) is 23.1 Å². The molecule has 9 heteroatoms. The summed E-state index contributed by atoms with van der Waals surface area (Å²) in [5.41, 5.74) is -0.108. The van der Waals surface area contributed by atoms with Crippen molar-refractivity contribution in [3.63, 3.8) is 0 Å². The lowest BCUT2D eigenvalue weighted by Gasteiger charge is -2.23. The van der Waals surface area contributed by atoms with Crippen LogP contribution in [0.5, 0.6) is 0 Å². The summed E-state index contributed by atoms with van der Waals surface area (Å²) in [7, 11) is -1.06. The molecule has 1 fully saturated rings. The van der Waals surface area contributed by atoms with Crippen LogP contribution in [0.3, 0.4) is 0 Å². The number of carboxylic acid groups (broad SMARTS) is 1. The molecule has 1 atom stereocenters. The molecule has 1 aromatic rings. The Balaban J connectivity index is 2.38. The average molecular weight is 347 g/mol. The van der Waals surface area contributed by atoms with Gasteiger partial charge in [0.25, 0.3) is 0 Å². The van der Waals surface area contributed by atoms with Gasteiger partial charge in [-0.3, -0.25) is 4.79 Å². The number of hydrogen-bond donors (Lipinski definition) is 1. The number of carboxylic acids is 1. The van der Waals surface area contributed by atoms with Crippen LogP contribution in [0.25, 0.3) is 0 Å². The Bertz CT molecular complexity index is 734. The fraction of sp³-hybridized carbons (Fsp3) is 0.385. The molecule has 0 aromatic heterocycles. The monoisotopic (exact) mass is 346 g/mol. The number of likely N-dealkylation sites (N-methyl/N-ethyl adjacent to an activating group) is 2. The zero-order chi connectivity index (χ0) is 16.7. The van der Waals surface area contributed by atoms with Gasteiger partial charge in [0.1, 0.15) is 10.9 Å². The minimum atomic E-state index is -3.99. The maximum Gasteiger partial charge on any atom is 0.335 e. The smallest absolute Gasteiger partial charge is 0.335 e. The number of amides is 1. The zero-order valence-electron chi connectivity index (χ0n) is 12.0. The van der Waals surface area contributed by atoms with Gasteiger partial charge in [0, 0.05) is 20.6 Å². The van der Waals surface area contributed by atoms with E-state index in [2.05, 4.69) is 0 Å². The summed E-state index contributed by atoms with van der Waals surface area (Å²) in [4.78, 5) is 24.1. The van der Waals surface area contributed by atoms with E-state index in [0.717, 1.165) is 22.5 Å². The predicted molar refractivity (Wildman–Crippen MR) is 79.4 cm³/mol. The van der Waals surface area contributed by atoms with Gasteiger partial charge in [0.2, 0.25) is 15.9 Å². The lowest BCUT2D eigenvalue weighted by Crippen LogP contribution is -2.42. The molecule has 2 rings (SSSR count). The van der Waals surface area contributed by atoms with Crippen molar-refractivity contribution < 1.29 is 23.1 Å². The van der Waals surface area contributed by atoms with Gasteiger partial charge < -0.3 is 10.0 Å². The van der Waals surface area contributed by atoms with Crippen molar-refractivity contribution in [2.24, 2.45) is 0 Å². The predicted octanol–water partition coefficient (Wildman–Crippen LogP) is 0.889. The van der Waals surface area contributed by atoms with Gasteiger partial charge in [-0.2, -0.15) is 4.31 Å². The second-order valence-electron chi connectivity index (χ2n) is 5.04. The van der Waals surface area contributed by atoms with E-state index in [0.29, 0.717) is 13.0 Å². The van der Waals surface area contributed by atoms with Gasteiger partial charge >= 0.3 is 5.97 Å². The number of hydrogen-bond acceptors (Lipinski definition) is 4. The Morgan fingerprint density at radius 1 is 1.45 bits per heavy atom. The van der Waals surface area contributed by atoms with E-state index < -0.39 is 22.0 Å². The van der Waals surface area contributed by atoms with Gasteiger partial charge in [-0.1, -0.05) is 11.6 Å². The molecular formula is C13H15ClN2O5S. The molecule has 1 amide bonds. The van der Waals surface area contributed by atoms with Gasteiger partial charge in [-0.05, 0) is 24.6 Å². The van der Waals surface area contributed by atoms with Crippen LogP contribution in [0.1, 0.15) is 16.8 Å². The Morgan fingerprint density at radius 3 is 2.55 bits per heavy atom. The van der Waals surface area contributed by atoms with Crippen LogP contribution in [-0.4, -0.2) is 61.3 Å². The Kier molecular flexibility index (Phi) is 4.46. The summed E-state index contributed by atoms with van der Waals surface area (Å²) in [6.45, 7) is 0.481. The van der Waals surface area contributed by atoms with Crippen LogP contribution in [0.4, 0.5) is 0 Å². The van der Waals surface area contributed by atoms with E-state index in [-0.39, 0.29) is 21.4 Å². The molecule has 1 aromatic carbocycles. The highest BCUT2D eigenvalue weighted by Gasteiger charge is 2.39. The Morgan fingerprint density at radius 2 is 2.09 bits per heavy atom. The van der Waals surface area contributed by atoms with Crippen LogP contribution in [0, 0.1) is 0 Å². The molecule has 1 aliphatic rings. The van der Waals surface area contributed by atoms with E-state index in [1.165, 1.54) is 11.9 Å². The quantitative estimate of drug-likeness (QED) is 0.873. The summed E-state index contributed by atoms with van der Waals surface area (Å²) < 4.78 is 26.2. The normalized spacial score (nSPS) is 19.0. The molecule has 7 nitrogen and oxygen atoms in total. The highest BCUT2D eigenvalue weighted by Crippen LogP contribution is 2.28. The third-order valence-electron chi connectivity index (χ3n) is 3.67. The van der Waals surface area contributed by atoms with Crippen molar-refractivity contribution in [3.05, 3.63) is 28.8 Å². The van der Waals surface area contributed by atoms with Crippen molar-refractivity contribution in [1.82, 2.24) is 9.21 Å². The van der Waals surface area contributed by atoms with Gasteiger partial charge in [-0.25, -0.2) is 13.2 Å². The van der Waals surface area contributed by atoms with Crippen molar-refractivity contribution in [2.75, 3.05) is 20.6 Å². The molecule has 0 saturated carbocycles. The maximum atomic E-state index is 12.6. The highest BCUT2D eigenvalue weighted by molar-refractivity contribution is 7.89. The first kappa shape index (κ1) is 16.7. The Hall–Kier alpha value is -1.64. The third-order valence-corrected chi connectivity index (χ3v) is 6.02. The SMILES string of the molecule is CN1CCC(N(C)S(=O)(=O)c2ccc(C(=O)O)cc2Cl)C1=O. The van der Waals surface area contributed by atoms with E-state index >= 15 is 0 Å². The number of likely N-dealkylation sites (tertiary alicyclic amines) is 1. The van der Waals surface area contributed by atoms with Crippen LogP contribution in [0.2, 0.25) is 5.02 Å². The first-order chi connectivity index (χ1) is 10.2. The largest absolute Gasteiger partial charge is 0.478 e. The van der Waals surface area contributed by atoms with Crippen molar-refractivity contribution in [3.8, 4) is 0 Å². The molecule has 22 heavy (non-hydrogen) atoms. The summed E-state index contributed by atoms with van der Waals surface area (Å²) >= 11 is 5.91. The van der Waals surface area contributed by atoms with Crippen LogP contribution < -0.4 is 0 Å². The molecule has 1 N–H and O–H groups in total. The maximum absolute atomic E-state index is 12.6.